The summed E-state index contributed by atoms with van der Waals surface area (Å²) in [6.07, 6.45) is 6.76. The van der Waals surface area contributed by atoms with Crippen molar-refractivity contribution in [2.75, 3.05) is 12.4 Å². The quantitative estimate of drug-likeness (QED) is 0.422. The highest BCUT2D eigenvalue weighted by Crippen LogP contribution is 2.27. The molecule has 0 saturated heterocycles. The summed E-state index contributed by atoms with van der Waals surface area (Å²) in [5, 5.41) is 6.18. The van der Waals surface area contributed by atoms with Crippen LogP contribution in [0.15, 0.2) is 71.9 Å². The summed E-state index contributed by atoms with van der Waals surface area (Å²) < 4.78 is 8.41. The van der Waals surface area contributed by atoms with E-state index in [1.54, 1.807) is 49.1 Å². The molecule has 2 N–H and O–H groups in total. The number of anilines is 1. The minimum Gasteiger partial charge on any atom is -0.338 e. The average molecular weight is 467 g/mol. The van der Waals surface area contributed by atoms with Gasteiger partial charge >= 0.3 is 0 Å². The average Bonchev–Trinajstić information content (AvgIpc) is 3.27. The van der Waals surface area contributed by atoms with Gasteiger partial charge in [-0.25, -0.2) is 9.97 Å². The van der Waals surface area contributed by atoms with Crippen LogP contribution in [0, 0.1) is 6.92 Å². The van der Waals surface area contributed by atoms with Gasteiger partial charge in [0.15, 0.2) is 11.5 Å². The summed E-state index contributed by atoms with van der Waals surface area (Å²) in [5.74, 6) is -1.32. The third kappa shape index (κ3) is 3.77. The lowest BCUT2D eigenvalue weighted by atomic mass is 10.1. The van der Waals surface area contributed by atoms with E-state index in [9.17, 15) is 4.79 Å². The minimum atomic E-state index is -1.43. The van der Waals surface area contributed by atoms with Crippen molar-refractivity contribution in [1.82, 2.24) is 24.7 Å². The number of halogens is 1. The van der Waals surface area contributed by atoms with Gasteiger partial charge in [0.05, 0.1) is 6.20 Å². The zero-order valence-corrected chi connectivity index (χ0v) is 17.9. The number of hydrogen-bond donors (Lipinski definition) is 2. The first-order valence-corrected chi connectivity index (χ1v) is 9.93. The topological polar surface area (TPSA) is 93.4 Å². The number of rotatable bonds is 6. The smallest absolute Gasteiger partial charge is 0.255 e. The number of hydrogen-bond acceptors (Lipinski definition) is 6. The number of imidazole rings is 1. The predicted octanol–water partition coefficient (Wildman–Crippen LogP) is 3.49. The van der Waals surface area contributed by atoms with Crippen molar-refractivity contribution in [3.05, 3.63) is 88.7 Å². The predicted molar refractivity (Wildman–Crippen MR) is 116 cm³/mol. The summed E-state index contributed by atoms with van der Waals surface area (Å²) in [4.78, 5) is 26.2. The Morgan fingerprint density at radius 3 is 2.60 bits per heavy atom. The number of fused-ring (bicyclic) bond motifs is 1. The first kappa shape index (κ1) is 20.0. The fraction of sp³-hybridized carbons (Fsp3) is 0.143. The second-order valence-electron chi connectivity index (χ2n) is 6.57. The number of nitrogens with zero attached hydrogens (tertiary/aromatic N) is 4. The number of methoxy groups -OCH3 is 1. The number of aromatic nitrogens is 4. The molecular formula is C21H19BrN6O2. The van der Waals surface area contributed by atoms with E-state index in [0.717, 1.165) is 10.3 Å². The zero-order valence-electron chi connectivity index (χ0n) is 16.3. The molecule has 4 aromatic rings. The number of pyridine rings is 1. The molecule has 0 bridgehead atoms. The van der Waals surface area contributed by atoms with Gasteiger partial charge in [0.25, 0.3) is 5.91 Å². The molecule has 0 saturated carbocycles. The van der Waals surface area contributed by atoms with E-state index >= 15 is 0 Å². The fourth-order valence-corrected chi connectivity index (χ4v) is 3.43. The summed E-state index contributed by atoms with van der Waals surface area (Å²) in [6, 6.07) is 12.6. The Hall–Kier alpha value is -3.30. The van der Waals surface area contributed by atoms with E-state index in [1.807, 2.05) is 29.5 Å². The molecule has 9 heteroatoms. The maximum absolute atomic E-state index is 13.0. The van der Waals surface area contributed by atoms with Gasteiger partial charge < -0.3 is 15.4 Å². The Balaban J connectivity index is 1.79. The van der Waals surface area contributed by atoms with E-state index in [2.05, 4.69) is 41.5 Å². The van der Waals surface area contributed by atoms with Crippen LogP contribution in [-0.2, 0) is 10.6 Å². The molecular weight excluding hydrogens is 448 g/mol. The molecule has 0 spiro atoms. The van der Waals surface area contributed by atoms with Gasteiger partial charge in [0.2, 0.25) is 5.85 Å². The van der Waals surface area contributed by atoms with Gasteiger partial charge in [0, 0.05) is 42.5 Å². The summed E-state index contributed by atoms with van der Waals surface area (Å²) in [7, 11) is 1.50. The molecule has 8 nitrogen and oxygen atoms in total. The first-order chi connectivity index (χ1) is 14.5. The van der Waals surface area contributed by atoms with Crippen molar-refractivity contribution >= 4 is 33.3 Å². The van der Waals surface area contributed by atoms with Crippen LogP contribution in [0.5, 0.6) is 0 Å². The van der Waals surface area contributed by atoms with E-state index in [0.29, 0.717) is 22.6 Å². The molecule has 0 fully saturated rings. The fourth-order valence-electron chi connectivity index (χ4n) is 3.04. The van der Waals surface area contributed by atoms with E-state index in [-0.39, 0.29) is 5.91 Å². The van der Waals surface area contributed by atoms with Crippen molar-refractivity contribution in [3.63, 3.8) is 0 Å². The summed E-state index contributed by atoms with van der Waals surface area (Å²) in [5.41, 5.74) is 2.51. The van der Waals surface area contributed by atoms with Crippen molar-refractivity contribution in [2.45, 2.75) is 12.8 Å². The SMILES string of the molecule is COC(NC(=O)c1ccccc1)(Nc1ncc(Br)n2ccnc12)c1ccc(C)nc1. The molecule has 1 amide bonds. The van der Waals surface area contributed by atoms with Crippen LogP contribution in [0.3, 0.4) is 0 Å². The molecule has 0 aliphatic rings. The molecule has 30 heavy (non-hydrogen) atoms. The van der Waals surface area contributed by atoms with Crippen molar-refractivity contribution in [2.24, 2.45) is 0 Å². The van der Waals surface area contributed by atoms with Crippen molar-refractivity contribution < 1.29 is 9.53 Å². The molecule has 3 aromatic heterocycles. The lowest BCUT2D eigenvalue weighted by Crippen LogP contribution is -2.53. The second-order valence-corrected chi connectivity index (χ2v) is 7.38. The van der Waals surface area contributed by atoms with Crippen LogP contribution >= 0.6 is 15.9 Å². The highest BCUT2D eigenvalue weighted by atomic mass is 79.9. The number of aryl methyl sites for hydroxylation is 1. The van der Waals surface area contributed by atoms with Gasteiger partial charge in [-0.05, 0) is 47.1 Å². The second kappa shape index (κ2) is 8.21. The minimum absolute atomic E-state index is 0.318. The number of nitrogens with one attached hydrogen (secondary N) is 2. The molecule has 0 aliphatic carbocycles. The third-order valence-electron chi connectivity index (χ3n) is 4.63. The van der Waals surface area contributed by atoms with Crippen LogP contribution in [0.25, 0.3) is 5.65 Å². The van der Waals surface area contributed by atoms with Crippen LogP contribution in [0.2, 0.25) is 0 Å². The number of benzene rings is 1. The monoisotopic (exact) mass is 466 g/mol. The van der Waals surface area contributed by atoms with Crippen LogP contribution < -0.4 is 10.6 Å². The van der Waals surface area contributed by atoms with Crippen molar-refractivity contribution in [3.8, 4) is 0 Å². The Bertz CT molecular complexity index is 1180. The third-order valence-corrected chi connectivity index (χ3v) is 5.21. The lowest BCUT2D eigenvalue weighted by molar-refractivity contribution is -0.0155. The number of carbonyl (C=O) groups excluding carboxylic acids is 1. The van der Waals surface area contributed by atoms with Crippen LogP contribution in [-0.4, -0.2) is 32.4 Å². The van der Waals surface area contributed by atoms with Gasteiger partial charge in [-0.1, -0.05) is 18.2 Å². The summed E-state index contributed by atoms with van der Waals surface area (Å²) >= 11 is 3.45. The maximum Gasteiger partial charge on any atom is 0.255 e. The van der Waals surface area contributed by atoms with Crippen LogP contribution in [0.1, 0.15) is 21.6 Å². The van der Waals surface area contributed by atoms with Crippen LogP contribution in [0.4, 0.5) is 5.82 Å². The van der Waals surface area contributed by atoms with E-state index in [1.165, 1.54) is 7.11 Å². The molecule has 0 radical (unpaired) electrons. The number of ether oxygens (including phenoxy) is 1. The molecule has 152 valence electrons. The highest BCUT2D eigenvalue weighted by molar-refractivity contribution is 9.10. The van der Waals surface area contributed by atoms with Crippen molar-refractivity contribution in [1.29, 1.82) is 0 Å². The Labute approximate surface area is 181 Å². The summed E-state index contributed by atoms with van der Waals surface area (Å²) in [6.45, 7) is 1.89. The molecule has 1 atom stereocenters. The van der Waals surface area contributed by atoms with E-state index < -0.39 is 5.85 Å². The van der Waals surface area contributed by atoms with Gasteiger partial charge in [-0.2, -0.15) is 0 Å². The number of carbonyl (C=O) groups is 1. The molecule has 0 aliphatic heterocycles. The van der Waals surface area contributed by atoms with Gasteiger partial charge in [-0.15, -0.1) is 0 Å². The largest absolute Gasteiger partial charge is 0.338 e. The van der Waals surface area contributed by atoms with Gasteiger partial charge in [-0.3, -0.25) is 14.2 Å². The standard InChI is InChI=1S/C21H19BrN6O2/c1-14-8-9-16(12-24-14)21(30-2,27-20(29)15-6-4-3-5-7-15)26-18-19-23-10-11-28(19)17(22)13-25-18/h3-13H,1-2H3,(H,25,26)(H,27,29). The van der Waals surface area contributed by atoms with Gasteiger partial charge in [0.1, 0.15) is 4.60 Å². The lowest BCUT2D eigenvalue weighted by Gasteiger charge is -2.34. The Kier molecular flexibility index (Phi) is 5.47. The highest BCUT2D eigenvalue weighted by Gasteiger charge is 2.36. The zero-order chi connectivity index (χ0) is 21.1. The Morgan fingerprint density at radius 1 is 1.10 bits per heavy atom. The molecule has 1 aromatic carbocycles. The number of amides is 1. The normalized spacial score (nSPS) is 13.0. The Morgan fingerprint density at radius 2 is 1.90 bits per heavy atom. The maximum atomic E-state index is 13.0. The van der Waals surface area contributed by atoms with E-state index in [4.69, 9.17) is 4.74 Å². The molecule has 4 rings (SSSR count). The molecule has 1 unspecified atom stereocenters. The molecule has 3 heterocycles. The first-order valence-electron chi connectivity index (χ1n) is 9.14.